The maximum absolute atomic E-state index is 9.18. The van der Waals surface area contributed by atoms with Crippen LogP contribution in [0.2, 0.25) is 0 Å². The SMILES string of the molecule is CN1CCCCC1CNC1(CO)CC1. The summed E-state index contributed by atoms with van der Waals surface area (Å²) in [7, 11) is 2.21. The monoisotopic (exact) mass is 198 g/mol. The average molecular weight is 198 g/mol. The minimum atomic E-state index is 0.109. The van der Waals surface area contributed by atoms with E-state index in [2.05, 4.69) is 17.3 Å². The second kappa shape index (κ2) is 4.17. The topological polar surface area (TPSA) is 35.5 Å². The molecule has 2 N–H and O–H groups in total. The van der Waals surface area contributed by atoms with Crippen LogP contribution in [0.4, 0.5) is 0 Å². The molecule has 0 amide bonds. The molecule has 0 spiro atoms. The summed E-state index contributed by atoms with van der Waals surface area (Å²) in [5, 5.41) is 12.7. The van der Waals surface area contributed by atoms with Gasteiger partial charge in [-0.2, -0.15) is 0 Å². The summed E-state index contributed by atoms with van der Waals surface area (Å²) >= 11 is 0. The van der Waals surface area contributed by atoms with Crippen molar-refractivity contribution in [2.45, 2.75) is 43.7 Å². The van der Waals surface area contributed by atoms with Crippen LogP contribution < -0.4 is 5.32 Å². The second-order valence-corrected chi connectivity index (χ2v) is 4.95. The van der Waals surface area contributed by atoms with Crippen molar-refractivity contribution in [2.75, 3.05) is 26.7 Å². The lowest BCUT2D eigenvalue weighted by atomic mass is 10.0. The molecule has 0 aromatic rings. The van der Waals surface area contributed by atoms with Crippen LogP contribution in [0.1, 0.15) is 32.1 Å². The zero-order valence-electron chi connectivity index (χ0n) is 9.13. The smallest absolute Gasteiger partial charge is 0.0613 e. The molecule has 1 saturated heterocycles. The van der Waals surface area contributed by atoms with Gasteiger partial charge in [0.15, 0.2) is 0 Å². The van der Waals surface area contributed by atoms with E-state index in [4.69, 9.17) is 0 Å². The zero-order valence-corrected chi connectivity index (χ0v) is 9.13. The van der Waals surface area contributed by atoms with E-state index in [0.29, 0.717) is 12.6 Å². The lowest BCUT2D eigenvalue weighted by Gasteiger charge is -2.33. The molecule has 14 heavy (non-hydrogen) atoms. The molecule has 1 aliphatic heterocycles. The summed E-state index contributed by atoms with van der Waals surface area (Å²) < 4.78 is 0. The maximum atomic E-state index is 9.18. The van der Waals surface area contributed by atoms with E-state index in [-0.39, 0.29) is 5.54 Å². The van der Waals surface area contributed by atoms with Gasteiger partial charge in [-0.05, 0) is 39.3 Å². The Bertz CT molecular complexity index is 192. The third-order valence-corrected chi connectivity index (χ3v) is 3.79. The third kappa shape index (κ3) is 2.27. The number of nitrogens with one attached hydrogen (secondary N) is 1. The Hall–Kier alpha value is -0.120. The number of piperidine rings is 1. The normalized spacial score (nSPS) is 31.7. The van der Waals surface area contributed by atoms with Gasteiger partial charge in [-0.3, -0.25) is 0 Å². The number of nitrogens with zero attached hydrogens (tertiary/aromatic N) is 1. The van der Waals surface area contributed by atoms with E-state index >= 15 is 0 Å². The van der Waals surface area contributed by atoms with E-state index in [0.717, 1.165) is 19.4 Å². The number of rotatable bonds is 4. The molecule has 0 aromatic carbocycles. The first-order chi connectivity index (χ1) is 6.76. The highest BCUT2D eigenvalue weighted by molar-refractivity contribution is 5.02. The van der Waals surface area contributed by atoms with Crippen molar-refractivity contribution in [3.05, 3.63) is 0 Å². The highest BCUT2D eigenvalue weighted by atomic mass is 16.3. The fourth-order valence-corrected chi connectivity index (χ4v) is 2.28. The van der Waals surface area contributed by atoms with Crippen LogP contribution in [0.15, 0.2) is 0 Å². The van der Waals surface area contributed by atoms with Crippen molar-refractivity contribution in [1.82, 2.24) is 10.2 Å². The Balaban J connectivity index is 1.73. The molecular formula is C11H22N2O. The first-order valence-corrected chi connectivity index (χ1v) is 5.82. The molecule has 3 heteroatoms. The van der Waals surface area contributed by atoms with Gasteiger partial charge in [0.1, 0.15) is 0 Å². The fraction of sp³-hybridized carbons (Fsp3) is 1.00. The lowest BCUT2D eigenvalue weighted by Crippen LogP contribution is -2.47. The number of hydrogen-bond donors (Lipinski definition) is 2. The van der Waals surface area contributed by atoms with Crippen molar-refractivity contribution < 1.29 is 5.11 Å². The molecular weight excluding hydrogens is 176 g/mol. The standard InChI is InChI=1S/C11H22N2O/c1-13-7-3-2-4-10(13)8-12-11(9-14)5-6-11/h10,12,14H,2-9H2,1H3. The Labute approximate surface area is 86.5 Å². The molecule has 2 rings (SSSR count). The van der Waals surface area contributed by atoms with Crippen molar-refractivity contribution in [2.24, 2.45) is 0 Å². The predicted octanol–water partition coefficient (Wildman–Crippen LogP) is 0.585. The van der Waals surface area contributed by atoms with Crippen LogP contribution >= 0.6 is 0 Å². The lowest BCUT2D eigenvalue weighted by molar-refractivity contribution is 0.163. The summed E-state index contributed by atoms with van der Waals surface area (Å²) in [6.07, 6.45) is 6.33. The van der Waals surface area contributed by atoms with Crippen LogP contribution in [0.5, 0.6) is 0 Å². The summed E-state index contributed by atoms with van der Waals surface area (Å²) in [5.41, 5.74) is 0.109. The highest BCUT2D eigenvalue weighted by Crippen LogP contribution is 2.34. The predicted molar refractivity (Wildman–Crippen MR) is 57.3 cm³/mol. The molecule has 0 bridgehead atoms. The third-order valence-electron chi connectivity index (χ3n) is 3.79. The number of hydrogen-bond acceptors (Lipinski definition) is 3. The molecule has 82 valence electrons. The Kier molecular flexibility index (Phi) is 3.10. The Morgan fingerprint density at radius 1 is 1.43 bits per heavy atom. The first kappa shape index (κ1) is 10.4. The molecule has 3 nitrogen and oxygen atoms in total. The minimum Gasteiger partial charge on any atom is -0.394 e. The van der Waals surface area contributed by atoms with E-state index in [1.807, 2.05) is 0 Å². The Morgan fingerprint density at radius 2 is 2.21 bits per heavy atom. The van der Waals surface area contributed by atoms with Crippen LogP contribution in [0, 0.1) is 0 Å². The number of likely N-dealkylation sites (tertiary alicyclic amines) is 1. The molecule has 1 atom stereocenters. The molecule has 1 unspecified atom stereocenters. The highest BCUT2D eigenvalue weighted by Gasteiger charge is 2.41. The van der Waals surface area contributed by atoms with Gasteiger partial charge < -0.3 is 15.3 Å². The molecule has 2 fully saturated rings. The van der Waals surface area contributed by atoms with Crippen LogP contribution in [0.25, 0.3) is 0 Å². The molecule has 1 saturated carbocycles. The van der Waals surface area contributed by atoms with E-state index in [1.54, 1.807) is 0 Å². The van der Waals surface area contributed by atoms with Gasteiger partial charge in [0, 0.05) is 18.1 Å². The molecule has 1 heterocycles. The quantitative estimate of drug-likeness (QED) is 0.694. The second-order valence-electron chi connectivity index (χ2n) is 4.95. The molecule has 0 radical (unpaired) electrons. The molecule has 2 aliphatic rings. The van der Waals surface area contributed by atoms with Crippen molar-refractivity contribution >= 4 is 0 Å². The van der Waals surface area contributed by atoms with Crippen LogP contribution in [-0.2, 0) is 0 Å². The first-order valence-electron chi connectivity index (χ1n) is 5.82. The summed E-state index contributed by atoms with van der Waals surface area (Å²) in [6, 6.07) is 0.688. The van der Waals surface area contributed by atoms with Gasteiger partial charge in [-0.15, -0.1) is 0 Å². The van der Waals surface area contributed by atoms with Crippen molar-refractivity contribution in [1.29, 1.82) is 0 Å². The largest absolute Gasteiger partial charge is 0.394 e. The Morgan fingerprint density at radius 3 is 2.79 bits per heavy atom. The molecule has 1 aliphatic carbocycles. The van der Waals surface area contributed by atoms with Gasteiger partial charge in [0.2, 0.25) is 0 Å². The van der Waals surface area contributed by atoms with E-state index in [9.17, 15) is 5.11 Å². The summed E-state index contributed by atoms with van der Waals surface area (Å²) in [4.78, 5) is 2.45. The van der Waals surface area contributed by atoms with Crippen molar-refractivity contribution in [3.63, 3.8) is 0 Å². The van der Waals surface area contributed by atoms with Crippen LogP contribution in [-0.4, -0.2) is 48.3 Å². The van der Waals surface area contributed by atoms with Gasteiger partial charge in [-0.1, -0.05) is 6.42 Å². The number of aliphatic hydroxyl groups excluding tert-OH is 1. The van der Waals surface area contributed by atoms with Gasteiger partial charge in [0.05, 0.1) is 6.61 Å². The van der Waals surface area contributed by atoms with Gasteiger partial charge >= 0.3 is 0 Å². The molecule has 0 aromatic heterocycles. The average Bonchev–Trinajstić information content (AvgIpc) is 2.98. The van der Waals surface area contributed by atoms with Crippen molar-refractivity contribution in [3.8, 4) is 0 Å². The van der Waals surface area contributed by atoms with Gasteiger partial charge in [-0.25, -0.2) is 0 Å². The van der Waals surface area contributed by atoms with Crippen LogP contribution in [0.3, 0.4) is 0 Å². The van der Waals surface area contributed by atoms with E-state index < -0.39 is 0 Å². The van der Waals surface area contributed by atoms with Gasteiger partial charge in [0.25, 0.3) is 0 Å². The minimum absolute atomic E-state index is 0.109. The summed E-state index contributed by atoms with van der Waals surface area (Å²) in [5.74, 6) is 0. The number of aliphatic hydroxyl groups is 1. The van der Waals surface area contributed by atoms with E-state index in [1.165, 1.54) is 25.8 Å². The maximum Gasteiger partial charge on any atom is 0.0613 e. The number of likely N-dealkylation sites (N-methyl/N-ethyl adjacent to an activating group) is 1. The fourth-order valence-electron chi connectivity index (χ4n) is 2.28. The summed E-state index contributed by atoms with van der Waals surface area (Å²) in [6.45, 7) is 2.60. The zero-order chi connectivity index (χ0) is 10.0.